The Morgan fingerprint density at radius 2 is 1.30 bits per heavy atom. The predicted molar refractivity (Wildman–Crippen MR) is 118 cm³/mol. The highest BCUT2D eigenvalue weighted by Gasteiger charge is 2.13. The van der Waals surface area contributed by atoms with Gasteiger partial charge in [0.25, 0.3) is 0 Å². The lowest BCUT2D eigenvalue weighted by Crippen LogP contribution is -1.96. The first-order valence-electron chi connectivity index (χ1n) is 9.07. The molecule has 0 radical (unpaired) electrons. The lowest BCUT2D eigenvalue weighted by molar-refractivity contribution is 0.322. The number of rotatable bonds is 8. The summed E-state index contributed by atoms with van der Waals surface area (Å²) in [4.78, 5) is 1.17. The molecule has 0 aromatic heterocycles. The van der Waals surface area contributed by atoms with E-state index in [9.17, 15) is 0 Å². The second kappa shape index (κ2) is 10.4. The van der Waals surface area contributed by atoms with Gasteiger partial charge in [0.05, 0.1) is 6.61 Å². The molecule has 1 nitrogen and oxygen atoms in total. The fourth-order valence-corrected chi connectivity index (χ4v) is 3.99. The molecule has 0 atom stereocenters. The summed E-state index contributed by atoms with van der Waals surface area (Å²) >= 11 is 7.85. The van der Waals surface area contributed by atoms with Crippen LogP contribution in [0.1, 0.15) is 23.1 Å². The van der Waals surface area contributed by atoms with Crippen LogP contribution in [0.25, 0.3) is 11.1 Å². The average molecular weight is 395 g/mol. The first-order chi connectivity index (χ1) is 13.3. The van der Waals surface area contributed by atoms with Crippen molar-refractivity contribution in [3.05, 3.63) is 102 Å². The topological polar surface area (TPSA) is 20.2 Å². The minimum absolute atomic E-state index is 0.190. The Morgan fingerprint density at radius 3 is 1.85 bits per heavy atom. The molecule has 138 valence electrons. The maximum Gasteiger partial charge on any atom is 0.0525 e. The quantitative estimate of drug-likeness (QED) is 0.272. The van der Waals surface area contributed by atoms with Crippen molar-refractivity contribution in [2.75, 3.05) is 18.2 Å². The van der Waals surface area contributed by atoms with Crippen LogP contribution in [-0.4, -0.2) is 23.3 Å². The Balaban J connectivity index is 2.13. The molecule has 3 aromatic rings. The van der Waals surface area contributed by atoms with E-state index >= 15 is 0 Å². The molecule has 3 heteroatoms. The summed E-state index contributed by atoms with van der Waals surface area (Å²) in [5.41, 5.74) is 6.06. The van der Waals surface area contributed by atoms with Gasteiger partial charge in [-0.15, -0.1) is 23.4 Å². The third-order valence-electron chi connectivity index (χ3n) is 4.33. The molecule has 0 amide bonds. The van der Waals surface area contributed by atoms with Crippen molar-refractivity contribution >= 4 is 34.5 Å². The van der Waals surface area contributed by atoms with Gasteiger partial charge in [-0.25, -0.2) is 0 Å². The molecule has 0 saturated carbocycles. The minimum atomic E-state index is 0.190. The molecule has 3 aromatic carbocycles. The molecule has 0 unspecified atom stereocenters. The van der Waals surface area contributed by atoms with E-state index in [0.717, 1.165) is 6.42 Å². The van der Waals surface area contributed by atoms with E-state index in [1.807, 2.05) is 12.1 Å². The number of allylic oxidation sites excluding steroid dienone is 1. The van der Waals surface area contributed by atoms with Crippen LogP contribution in [0.15, 0.2) is 89.8 Å². The monoisotopic (exact) mass is 394 g/mol. The smallest absolute Gasteiger partial charge is 0.0525 e. The maximum atomic E-state index is 9.04. The lowest BCUT2D eigenvalue weighted by atomic mass is 9.88. The van der Waals surface area contributed by atoms with Crippen LogP contribution in [0.5, 0.6) is 0 Å². The Bertz CT molecular complexity index is 858. The van der Waals surface area contributed by atoms with Gasteiger partial charge < -0.3 is 5.11 Å². The third kappa shape index (κ3) is 5.26. The summed E-state index contributed by atoms with van der Waals surface area (Å²) < 4.78 is 0. The first kappa shape index (κ1) is 19.8. The second-order valence-corrected chi connectivity index (χ2v) is 7.67. The molecule has 0 fully saturated rings. The van der Waals surface area contributed by atoms with Crippen LogP contribution < -0.4 is 0 Å². The maximum absolute atomic E-state index is 9.04. The van der Waals surface area contributed by atoms with Crippen LogP contribution in [0.4, 0.5) is 0 Å². The zero-order valence-electron chi connectivity index (χ0n) is 15.1. The van der Waals surface area contributed by atoms with Crippen molar-refractivity contribution < 1.29 is 5.11 Å². The van der Waals surface area contributed by atoms with Gasteiger partial charge in [0.15, 0.2) is 0 Å². The van der Waals surface area contributed by atoms with Gasteiger partial charge in [-0.05, 0) is 46.4 Å². The van der Waals surface area contributed by atoms with E-state index in [2.05, 4.69) is 72.8 Å². The van der Waals surface area contributed by atoms with Crippen molar-refractivity contribution in [2.24, 2.45) is 0 Å². The largest absolute Gasteiger partial charge is 0.396 e. The van der Waals surface area contributed by atoms with Gasteiger partial charge in [-0.2, -0.15) is 0 Å². The number of aliphatic hydroxyl groups is 1. The molecule has 0 saturated heterocycles. The summed E-state index contributed by atoms with van der Waals surface area (Å²) in [6.07, 6.45) is 0.802. The number of alkyl halides is 1. The van der Waals surface area contributed by atoms with Crippen molar-refractivity contribution in [1.29, 1.82) is 0 Å². The summed E-state index contributed by atoms with van der Waals surface area (Å²) in [7, 11) is 0. The van der Waals surface area contributed by atoms with E-state index in [0.29, 0.717) is 11.6 Å². The SMILES string of the molecule is OCCSc1ccc(/C(=C(/CCCl)c2ccccc2)c2ccccc2)cc1. The molecule has 1 N–H and O–H groups in total. The molecule has 27 heavy (non-hydrogen) atoms. The number of halogens is 1. The molecule has 0 aliphatic carbocycles. The zero-order chi connectivity index (χ0) is 18.9. The van der Waals surface area contributed by atoms with E-state index in [-0.39, 0.29) is 6.61 Å². The molecule has 3 rings (SSSR count). The van der Waals surface area contributed by atoms with Gasteiger partial charge in [-0.3, -0.25) is 0 Å². The van der Waals surface area contributed by atoms with Crippen molar-refractivity contribution in [3.8, 4) is 0 Å². The van der Waals surface area contributed by atoms with E-state index in [1.54, 1.807) is 11.8 Å². The predicted octanol–water partition coefficient (Wildman–Crippen LogP) is 6.36. The van der Waals surface area contributed by atoms with Crippen molar-refractivity contribution in [2.45, 2.75) is 11.3 Å². The Morgan fingerprint density at radius 1 is 0.741 bits per heavy atom. The number of aliphatic hydroxyl groups excluding tert-OH is 1. The molecule has 0 heterocycles. The number of thioether (sulfide) groups is 1. The van der Waals surface area contributed by atoms with E-state index < -0.39 is 0 Å². The van der Waals surface area contributed by atoms with Crippen LogP contribution >= 0.6 is 23.4 Å². The standard InChI is InChI=1S/C24H23ClOS/c25-16-15-23(19-7-3-1-4-8-19)24(20-9-5-2-6-10-20)21-11-13-22(14-12-21)27-18-17-26/h1-14,26H,15-18H2/b24-23-. The lowest BCUT2D eigenvalue weighted by Gasteiger charge is -2.17. The van der Waals surface area contributed by atoms with Gasteiger partial charge in [0.1, 0.15) is 0 Å². The number of hydrogen-bond acceptors (Lipinski definition) is 2. The summed E-state index contributed by atoms with van der Waals surface area (Å²) in [6, 6.07) is 29.6. The minimum Gasteiger partial charge on any atom is -0.396 e. The molecule has 0 bridgehead atoms. The molecule has 0 spiro atoms. The Hall–Kier alpha value is -2.00. The normalized spacial score (nSPS) is 11.9. The van der Waals surface area contributed by atoms with Crippen LogP contribution in [0, 0.1) is 0 Å². The fourth-order valence-electron chi connectivity index (χ4n) is 3.15. The molecule has 0 aliphatic heterocycles. The highest BCUT2D eigenvalue weighted by Crippen LogP contribution is 2.35. The van der Waals surface area contributed by atoms with Gasteiger partial charge in [0.2, 0.25) is 0 Å². The average Bonchev–Trinajstić information content (AvgIpc) is 2.74. The van der Waals surface area contributed by atoms with Crippen molar-refractivity contribution in [3.63, 3.8) is 0 Å². The van der Waals surface area contributed by atoms with Crippen LogP contribution in [-0.2, 0) is 0 Å². The highest BCUT2D eigenvalue weighted by atomic mass is 35.5. The Labute approximate surface area is 170 Å². The van der Waals surface area contributed by atoms with Gasteiger partial charge in [-0.1, -0.05) is 72.8 Å². The number of benzene rings is 3. The summed E-state index contributed by atoms with van der Waals surface area (Å²) in [5, 5.41) is 9.04. The number of hydrogen-bond donors (Lipinski definition) is 1. The van der Waals surface area contributed by atoms with Gasteiger partial charge >= 0.3 is 0 Å². The van der Waals surface area contributed by atoms with Crippen LogP contribution in [0.3, 0.4) is 0 Å². The molecular weight excluding hydrogens is 372 g/mol. The molecular formula is C24H23ClOS. The Kier molecular flexibility index (Phi) is 7.58. The van der Waals surface area contributed by atoms with E-state index in [4.69, 9.17) is 16.7 Å². The summed E-state index contributed by atoms with van der Waals surface area (Å²) in [5.74, 6) is 1.28. The zero-order valence-corrected chi connectivity index (χ0v) is 16.7. The highest BCUT2D eigenvalue weighted by molar-refractivity contribution is 7.99. The third-order valence-corrected chi connectivity index (χ3v) is 5.52. The van der Waals surface area contributed by atoms with Gasteiger partial charge in [0, 0.05) is 16.5 Å². The van der Waals surface area contributed by atoms with Crippen molar-refractivity contribution in [1.82, 2.24) is 0 Å². The first-order valence-corrected chi connectivity index (χ1v) is 10.6. The second-order valence-electron chi connectivity index (χ2n) is 6.12. The molecule has 0 aliphatic rings. The van der Waals surface area contributed by atoms with E-state index in [1.165, 1.54) is 32.7 Å². The summed E-state index contributed by atoms with van der Waals surface area (Å²) in [6.45, 7) is 0.190. The van der Waals surface area contributed by atoms with Crippen LogP contribution in [0.2, 0.25) is 0 Å². The fraction of sp³-hybridized carbons (Fsp3) is 0.167.